The van der Waals surface area contributed by atoms with Gasteiger partial charge in [-0.15, -0.1) is 0 Å². The molecule has 0 N–H and O–H groups in total. The van der Waals surface area contributed by atoms with E-state index in [1.165, 1.54) is 4.90 Å². The summed E-state index contributed by atoms with van der Waals surface area (Å²) in [7, 11) is 1.77. The van der Waals surface area contributed by atoms with Gasteiger partial charge in [-0.1, -0.05) is 59.8 Å². The van der Waals surface area contributed by atoms with Crippen molar-refractivity contribution in [2.45, 2.75) is 19.4 Å². The van der Waals surface area contributed by atoms with Crippen LogP contribution in [-0.2, 0) is 13.0 Å². The third-order valence-corrected chi connectivity index (χ3v) is 6.31. The van der Waals surface area contributed by atoms with Crippen LogP contribution in [0.1, 0.15) is 48.8 Å². The lowest BCUT2D eigenvalue weighted by Crippen LogP contribution is -2.29. The molecular formula is C29H25N3O4. The van der Waals surface area contributed by atoms with E-state index >= 15 is 0 Å². The van der Waals surface area contributed by atoms with Crippen LogP contribution in [0.4, 0.5) is 0 Å². The Morgan fingerprint density at radius 2 is 1.53 bits per heavy atom. The van der Waals surface area contributed by atoms with Crippen molar-refractivity contribution in [2.24, 2.45) is 0 Å². The van der Waals surface area contributed by atoms with Crippen LogP contribution in [0.25, 0.3) is 11.3 Å². The van der Waals surface area contributed by atoms with Gasteiger partial charge in [0.15, 0.2) is 0 Å². The Bertz CT molecular complexity index is 1370. The molecule has 0 fully saturated rings. The van der Waals surface area contributed by atoms with E-state index in [1.54, 1.807) is 60.5 Å². The SMILES string of the molecule is CN(CCCc1cc(-c2ccccc2)no1)C(=O)c1ccc(CN2C(=O)c3ccccc3C2=O)cc1. The minimum absolute atomic E-state index is 0.0928. The number of hydrogen-bond donors (Lipinski definition) is 0. The first-order chi connectivity index (χ1) is 17.5. The molecule has 0 saturated carbocycles. The van der Waals surface area contributed by atoms with Gasteiger partial charge in [0, 0.05) is 37.2 Å². The Hall–Kier alpha value is -4.52. The molecule has 0 radical (unpaired) electrons. The van der Waals surface area contributed by atoms with Crippen LogP contribution in [0.5, 0.6) is 0 Å². The van der Waals surface area contributed by atoms with Crippen LogP contribution >= 0.6 is 0 Å². The number of imide groups is 1. The number of amides is 3. The van der Waals surface area contributed by atoms with Crippen LogP contribution in [0.2, 0.25) is 0 Å². The molecule has 0 bridgehead atoms. The quantitative estimate of drug-likeness (QED) is 0.338. The number of carbonyl (C=O) groups is 3. The van der Waals surface area contributed by atoms with E-state index in [1.807, 2.05) is 36.4 Å². The summed E-state index contributed by atoms with van der Waals surface area (Å²) in [5, 5.41) is 4.13. The molecule has 4 aromatic rings. The summed E-state index contributed by atoms with van der Waals surface area (Å²) >= 11 is 0. The average Bonchev–Trinajstić information content (AvgIpc) is 3.48. The average molecular weight is 480 g/mol. The maximum atomic E-state index is 12.9. The first-order valence-corrected chi connectivity index (χ1v) is 11.8. The zero-order chi connectivity index (χ0) is 25.1. The van der Waals surface area contributed by atoms with Gasteiger partial charge in [0.1, 0.15) is 11.5 Å². The fourth-order valence-electron chi connectivity index (χ4n) is 4.31. The van der Waals surface area contributed by atoms with E-state index < -0.39 is 0 Å². The van der Waals surface area contributed by atoms with Gasteiger partial charge in [-0.2, -0.15) is 0 Å². The van der Waals surface area contributed by atoms with Crippen molar-refractivity contribution in [2.75, 3.05) is 13.6 Å². The Morgan fingerprint density at radius 1 is 0.889 bits per heavy atom. The zero-order valence-corrected chi connectivity index (χ0v) is 19.9. The first kappa shape index (κ1) is 23.2. The van der Waals surface area contributed by atoms with Crippen molar-refractivity contribution in [3.63, 3.8) is 0 Å². The summed E-state index contributed by atoms with van der Waals surface area (Å²) in [6.45, 7) is 0.732. The van der Waals surface area contributed by atoms with E-state index in [-0.39, 0.29) is 24.3 Å². The van der Waals surface area contributed by atoms with Crippen molar-refractivity contribution in [3.8, 4) is 11.3 Å². The maximum absolute atomic E-state index is 12.9. The molecule has 3 amide bonds. The van der Waals surface area contributed by atoms with Gasteiger partial charge in [-0.25, -0.2) is 0 Å². The summed E-state index contributed by atoms with van der Waals surface area (Å²) in [5.41, 5.74) is 4.00. The number of hydrogen-bond acceptors (Lipinski definition) is 5. The van der Waals surface area contributed by atoms with Gasteiger partial charge in [0.25, 0.3) is 17.7 Å². The molecule has 0 unspecified atom stereocenters. The van der Waals surface area contributed by atoms with Gasteiger partial charge >= 0.3 is 0 Å². The smallest absolute Gasteiger partial charge is 0.261 e. The van der Waals surface area contributed by atoms with E-state index in [0.717, 1.165) is 29.0 Å². The molecule has 0 aliphatic carbocycles. The van der Waals surface area contributed by atoms with Crippen LogP contribution in [-0.4, -0.2) is 46.3 Å². The predicted octanol–water partition coefficient (Wildman–Crippen LogP) is 4.84. The fraction of sp³-hybridized carbons (Fsp3) is 0.172. The van der Waals surface area contributed by atoms with E-state index in [9.17, 15) is 14.4 Å². The predicted molar refractivity (Wildman–Crippen MR) is 134 cm³/mol. The number of carbonyl (C=O) groups excluding carboxylic acids is 3. The largest absolute Gasteiger partial charge is 0.361 e. The molecule has 7 heteroatoms. The molecule has 1 aliphatic rings. The molecule has 3 aromatic carbocycles. The Balaban J connectivity index is 1.14. The summed E-state index contributed by atoms with van der Waals surface area (Å²) in [6.07, 6.45) is 1.42. The van der Waals surface area contributed by atoms with Crippen LogP contribution < -0.4 is 0 Å². The highest BCUT2D eigenvalue weighted by molar-refractivity contribution is 6.21. The topological polar surface area (TPSA) is 83.7 Å². The lowest BCUT2D eigenvalue weighted by Gasteiger charge is -2.18. The van der Waals surface area contributed by atoms with Gasteiger partial charge in [0.05, 0.1) is 17.7 Å². The molecule has 5 rings (SSSR count). The highest BCUT2D eigenvalue weighted by Crippen LogP contribution is 2.24. The second kappa shape index (κ2) is 10.00. The molecule has 2 heterocycles. The molecule has 0 spiro atoms. The molecule has 1 aliphatic heterocycles. The second-order valence-electron chi connectivity index (χ2n) is 8.81. The van der Waals surface area contributed by atoms with Crippen molar-refractivity contribution >= 4 is 17.7 Å². The van der Waals surface area contributed by atoms with E-state index in [0.29, 0.717) is 29.7 Å². The molecule has 180 valence electrons. The van der Waals surface area contributed by atoms with Gasteiger partial charge in [0.2, 0.25) is 0 Å². The van der Waals surface area contributed by atoms with Crippen LogP contribution in [0, 0.1) is 0 Å². The van der Waals surface area contributed by atoms with Crippen molar-refractivity contribution in [3.05, 3.63) is 113 Å². The van der Waals surface area contributed by atoms with Crippen molar-refractivity contribution < 1.29 is 18.9 Å². The number of nitrogens with zero attached hydrogens (tertiary/aromatic N) is 3. The minimum Gasteiger partial charge on any atom is -0.361 e. The molecule has 0 saturated heterocycles. The van der Waals surface area contributed by atoms with Crippen molar-refractivity contribution in [1.82, 2.24) is 15.0 Å². The number of benzene rings is 3. The number of aromatic nitrogens is 1. The zero-order valence-electron chi connectivity index (χ0n) is 19.9. The maximum Gasteiger partial charge on any atom is 0.261 e. The number of aryl methyl sites for hydroxylation is 1. The van der Waals surface area contributed by atoms with Gasteiger partial charge < -0.3 is 9.42 Å². The fourth-order valence-corrected chi connectivity index (χ4v) is 4.31. The lowest BCUT2D eigenvalue weighted by molar-refractivity contribution is 0.0641. The minimum atomic E-state index is -0.293. The third-order valence-electron chi connectivity index (χ3n) is 6.31. The van der Waals surface area contributed by atoms with Gasteiger partial charge in [-0.05, 0) is 36.2 Å². The summed E-state index contributed by atoms with van der Waals surface area (Å²) in [5.74, 6) is 0.105. The Labute approximate surface area is 208 Å². The van der Waals surface area contributed by atoms with E-state index in [4.69, 9.17) is 4.52 Å². The molecular weight excluding hydrogens is 454 g/mol. The lowest BCUT2D eigenvalue weighted by atomic mass is 10.1. The molecule has 1 aromatic heterocycles. The van der Waals surface area contributed by atoms with E-state index in [2.05, 4.69) is 5.16 Å². The number of rotatable bonds is 8. The molecule has 36 heavy (non-hydrogen) atoms. The summed E-state index contributed by atoms with van der Waals surface area (Å²) in [4.78, 5) is 40.9. The summed E-state index contributed by atoms with van der Waals surface area (Å²) < 4.78 is 5.44. The normalized spacial score (nSPS) is 12.6. The summed E-state index contributed by atoms with van der Waals surface area (Å²) in [6, 6.07) is 25.6. The Morgan fingerprint density at radius 3 is 2.19 bits per heavy atom. The van der Waals surface area contributed by atoms with Crippen LogP contribution in [0.15, 0.2) is 89.5 Å². The monoisotopic (exact) mass is 479 g/mol. The standard InChI is InChI=1S/C29H25N3O4/c1-31(17-7-10-23-18-26(30-36-23)21-8-3-2-4-9-21)27(33)22-15-13-20(14-16-22)19-32-28(34)24-11-5-6-12-25(24)29(32)35/h2-6,8-9,11-16,18H,7,10,17,19H2,1H3. The molecule has 7 nitrogen and oxygen atoms in total. The first-order valence-electron chi connectivity index (χ1n) is 11.8. The highest BCUT2D eigenvalue weighted by Gasteiger charge is 2.34. The number of fused-ring (bicyclic) bond motifs is 1. The van der Waals surface area contributed by atoms with Gasteiger partial charge in [-0.3, -0.25) is 19.3 Å². The van der Waals surface area contributed by atoms with Crippen LogP contribution in [0.3, 0.4) is 0 Å². The Kier molecular flexibility index (Phi) is 6.45. The second-order valence-corrected chi connectivity index (χ2v) is 8.81. The third kappa shape index (κ3) is 4.68. The highest BCUT2D eigenvalue weighted by atomic mass is 16.5. The molecule has 0 atom stereocenters. The van der Waals surface area contributed by atoms with Crippen molar-refractivity contribution in [1.29, 1.82) is 0 Å².